The third-order valence-electron chi connectivity index (χ3n) is 5.34. The second kappa shape index (κ2) is 8.65. The number of amides is 1. The lowest BCUT2D eigenvalue weighted by molar-refractivity contribution is -0.121. The van der Waals surface area contributed by atoms with E-state index in [1.54, 1.807) is 0 Å². The molecule has 0 saturated carbocycles. The van der Waals surface area contributed by atoms with Crippen LogP contribution in [0.4, 0.5) is 0 Å². The maximum atomic E-state index is 12.5. The van der Waals surface area contributed by atoms with Crippen molar-refractivity contribution in [1.29, 1.82) is 0 Å². The number of benzene rings is 2. The molecule has 0 aromatic heterocycles. The smallest absolute Gasteiger partial charge is 0.224 e. The van der Waals surface area contributed by atoms with Crippen LogP contribution >= 0.6 is 0 Å². The van der Waals surface area contributed by atoms with Crippen molar-refractivity contribution in [2.24, 2.45) is 0 Å². The Morgan fingerprint density at radius 3 is 2.37 bits per heavy atom. The van der Waals surface area contributed by atoms with E-state index < -0.39 is 0 Å². The van der Waals surface area contributed by atoms with E-state index in [2.05, 4.69) is 34.5 Å². The van der Waals surface area contributed by atoms with Crippen LogP contribution in [0.1, 0.15) is 5.56 Å². The summed E-state index contributed by atoms with van der Waals surface area (Å²) in [5.74, 6) is 0.0521. The van der Waals surface area contributed by atoms with E-state index in [0.29, 0.717) is 19.6 Å². The van der Waals surface area contributed by atoms with Crippen LogP contribution in [0, 0.1) is 0 Å². The number of hydrogen-bond acceptors (Lipinski definition) is 4. The molecule has 2 fully saturated rings. The van der Waals surface area contributed by atoms with Crippen LogP contribution in [0.25, 0.3) is 11.1 Å². The summed E-state index contributed by atoms with van der Waals surface area (Å²) in [6, 6.07) is 18.8. The third kappa shape index (κ3) is 4.56. The topological polar surface area (TPSA) is 50.8 Å². The van der Waals surface area contributed by atoms with Gasteiger partial charge in [0.15, 0.2) is 0 Å². The number of carbonyl (C=O) groups is 1. The fourth-order valence-electron chi connectivity index (χ4n) is 3.84. The number of carbonyl (C=O) groups excluding carboxylic acids is 1. The third-order valence-corrected chi connectivity index (χ3v) is 5.34. The molecule has 2 aromatic carbocycles. The molecule has 0 radical (unpaired) electrons. The van der Waals surface area contributed by atoms with Gasteiger partial charge in [-0.2, -0.15) is 0 Å². The van der Waals surface area contributed by atoms with Crippen LogP contribution < -0.4 is 5.32 Å². The van der Waals surface area contributed by atoms with E-state index in [9.17, 15) is 4.79 Å². The number of nitrogens with one attached hydrogen (secondary N) is 1. The van der Waals surface area contributed by atoms with Gasteiger partial charge in [-0.1, -0.05) is 54.6 Å². The van der Waals surface area contributed by atoms with Gasteiger partial charge in [0.2, 0.25) is 5.91 Å². The molecule has 2 heterocycles. The predicted molar refractivity (Wildman–Crippen MR) is 105 cm³/mol. The molecule has 2 atom stereocenters. The minimum absolute atomic E-state index is 0.0521. The molecule has 27 heavy (non-hydrogen) atoms. The second-order valence-electron chi connectivity index (χ2n) is 7.17. The molecule has 4 rings (SSSR count). The van der Waals surface area contributed by atoms with Gasteiger partial charge < -0.3 is 14.8 Å². The van der Waals surface area contributed by atoms with Crippen LogP contribution in [-0.2, 0) is 20.7 Å². The van der Waals surface area contributed by atoms with Gasteiger partial charge in [0.05, 0.1) is 44.9 Å². The average Bonchev–Trinajstić information content (AvgIpc) is 3.18. The first kappa shape index (κ1) is 18.2. The van der Waals surface area contributed by atoms with Crippen molar-refractivity contribution < 1.29 is 14.3 Å². The van der Waals surface area contributed by atoms with Crippen molar-refractivity contribution in [3.8, 4) is 11.1 Å². The molecule has 2 aliphatic rings. The Hall–Kier alpha value is -2.21. The van der Waals surface area contributed by atoms with Crippen LogP contribution in [0.5, 0.6) is 0 Å². The molecule has 5 nitrogen and oxygen atoms in total. The lowest BCUT2D eigenvalue weighted by atomic mass is 10.0. The van der Waals surface area contributed by atoms with Gasteiger partial charge >= 0.3 is 0 Å². The SMILES string of the molecule is O=C(Cc1ccc(-c2ccccc2)cc1)N[C@H]1COC[C@@H]1N1CCOCC1. The van der Waals surface area contributed by atoms with Crippen molar-refractivity contribution in [3.63, 3.8) is 0 Å². The summed E-state index contributed by atoms with van der Waals surface area (Å²) < 4.78 is 11.1. The first-order valence-electron chi connectivity index (χ1n) is 9.63. The Morgan fingerprint density at radius 2 is 1.63 bits per heavy atom. The monoisotopic (exact) mass is 366 g/mol. The second-order valence-corrected chi connectivity index (χ2v) is 7.17. The summed E-state index contributed by atoms with van der Waals surface area (Å²) in [6.45, 7) is 4.58. The van der Waals surface area contributed by atoms with E-state index in [-0.39, 0.29) is 18.0 Å². The van der Waals surface area contributed by atoms with Crippen molar-refractivity contribution in [3.05, 3.63) is 60.2 Å². The van der Waals surface area contributed by atoms with Gasteiger partial charge in [-0.05, 0) is 16.7 Å². The van der Waals surface area contributed by atoms with E-state index in [4.69, 9.17) is 9.47 Å². The zero-order valence-corrected chi connectivity index (χ0v) is 15.5. The summed E-state index contributed by atoms with van der Waals surface area (Å²) in [5, 5.41) is 3.17. The Bertz CT molecular complexity index is 742. The lowest BCUT2D eigenvalue weighted by Crippen LogP contribution is -2.54. The maximum absolute atomic E-state index is 12.5. The van der Waals surface area contributed by atoms with Gasteiger partial charge in [0.25, 0.3) is 0 Å². The molecule has 142 valence electrons. The minimum Gasteiger partial charge on any atom is -0.379 e. The van der Waals surface area contributed by atoms with Crippen LogP contribution in [-0.4, -0.2) is 62.4 Å². The van der Waals surface area contributed by atoms with E-state index in [1.165, 1.54) is 5.56 Å². The van der Waals surface area contributed by atoms with Crippen LogP contribution in [0.15, 0.2) is 54.6 Å². The molecule has 5 heteroatoms. The number of rotatable bonds is 5. The molecular formula is C22H26N2O3. The summed E-state index contributed by atoms with van der Waals surface area (Å²) in [4.78, 5) is 14.9. The molecular weight excluding hydrogens is 340 g/mol. The fraction of sp³-hybridized carbons (Fsp3) is 0.409. The van der Waals surface area contributed by atoms with Crippen molar-refractivity contribution in [1.82, 2.24) is 10.2 Å². The number of nitrogens with zero attached hydrogens (tertiary/aromatic N) is 1. The Balaban J connectivity index is 1.33. The molecule has 1 N–H and O–H groups in total. The van der Waals surface area contributed by atoms with Gasteiger partial charge in [-0.15, -0.1) is 0 Å². The standard InChI is InChI=1S/C22H26N2O3/c25-22(23-20-15-27-16-21(20)24-10-12-26-13-11-24)14-17-6-8-19(9-7-17)18-4-2-1-3-5-18/h1-9,20-21H,10-16H2,(H,23,25)/t20-,21-/m0/s1. The Morgan fingerprint density at radius 1 is 0.926 bits per heavy atom. The molecule has 0 spiro atoms. The Labute approximate surface area is 160 Å². The summed E-state index contributed by atoms with van der Waals surface area (Å²) >= 11 is 0. The van der Waals surface area contributed by atoms with Gasteiger partial charge in [0.1, 0.15) is 0 Å². The molecule has 2 aromatic rings. The maximum Gasteiger partial charge on any atom is 0.224 e. The zero-order chi connectivity index (χ0) is 18.5. The number of ether oxygens (including phenoxy) is 2. The van der Waals surface area contributed by atoms with Crippen molar-refractivity contribution in [2.75, 3.05) is 39.5 Å². The highest BCUT2D eigenvalue weighted by Gasteiger charge is 2.34. The summed E-state index contributed by atoms with van der Waals surface area (Å²) in [6.07, 6.45) is 0.390. The minimum atomic E-state index is 0.0521. The molecule has 0 unspecified atom stereocenters. The number of morpholine rings is 1. The highest BCUT2D eigenvalue weighted by Crippen LogP contribution is 2.20. The van der Waals surface area contributed by atoms with Crippen LogP contribution in [0.3, 0.4) is 0 Å². The molecule has 1 amide bonds. The quantitative estimate of drug-likeness (QED) is 0.881. The number of hydrogen-bond donors (Lipinski definition) is 1. The largest absolute Gasteiger partial charge is 0.379 e. The molecule has 0 bridgehead atoms. The van der Waals surface area contributed by atoms with E-state index >= 15 is 0 Å². The highest BCUT2D eigenvalue weighted by atomic mass is 16.5. The first-order valence-corrected chi connectivity index (χ1v) is 9.63. The normalized spacial score (nSPS) is 23.3. The summed E-state index contributed by atoms with van der Waals surface area (Å²) in [5.41, 5.74) is 3.37. The Kier molecular flexibility index (Phi) is 5.82. The van der Waals surface area contributed by atoms with Crippen LogP contribution in [0.2, 0.25) is 0 Å². The molecule has 2 saturated heterocycles. The first-order chi connectivity index (χ1) is 13.3. The molecule has 2 aliphatic heterocycles. The van der Waals surface area contributed by atoms with Crippen molar-refractivity contribution in [2.45, 2.75) is 18.5 Å². The van der Waals surface area contributed by atoms with Gasteiger partial charge in [-0.3, -0.25) is 9.69 Å². The summed E-state index contributed by atoms with van der Waals surface area (Å²) in [7, 11) is 0. The van der Waals surface area contributed by atoms with Crippen molar-refractivity contribution >= 4 is 5.91 Å². The van der Waals surface area contributed by atoms with E-state index in [0.717, 1.165) is 37.4 Å². The fourth-order valence-corrected chi connectivity index (χ4v) is 3.84. The highest BCUT2D eigenvalue weighted by molar-refractivity contribution is 5.79. The predicted octanol–water partition coefficient (Wildman–Crippen LogP) is 2.11. The molecule has 0 aliphatic carbocycles. The van der Waals surface area contributed by atoms with Gasteiger partial charge in [-0.25, -0.2) is 0 Å². The van der Waals surface area contributed by atoms with Gasteiger partial charge in [0, 0.05) is 13.1 Å². The lowest BCUT2D eigenvalue weighted by Gasteiger charge is -2.34. The zero-order valence-electron chi connectivity index (χ0n) is 15.5. The average molecular weight is 366 g/mol. The van der Waals surface area contributed by atoms with E-state index in [1.807, 2.05) is 30.3 Å².